The summed E-state index contributed by atoms with van der Waals surface area (Å²) in [5.41, 5.74) is 1.29. The third-order valence-corrected chi connectivity index (χ3v) is 9.84. The van der Waals surface area contributed by atoms with Crippen LogP contribution in [-0.4, -0.2) is 50.5 Å². The Labute approximate surface area is 194 Å². The van der Waals surface area contributed by atoms with E-state index in [-0.39, 0.29) is 11.4 Å². The second-order valence-corrected chi connectivity index (χ2v) is 12.3. The van der Waals surface area contributed by atoms with Gasteiger partial charge in [0.2, 0.25) is 0 Å². The molecule has 33 heavy (non-hydrogen) atoms. The van der Waals surface area contributed by atoms with Gasteiger partial charge in [0.15, 0.2) is 0 Å². The average Bonchev–Trinajstić information content (AvgIpc) is 2.83. The molecule has 4 aromatic rings. The molecular weight excluding hydrogens is 464 g/mol. The van der Waals surface area contributed by atoms with E-state index in [1.165, 1.54) is 6.07 Å². The van der Waals surface area contributed by atoms with E-state index in [1.807, 2.05) is 17.0 Å². The van der Waals surface area contributed by atoms with Gasteiger partial charge in [-0.15, -0.1) is 0 Å². The molecule has 10 heteroatoms. The fourth-order valence-electron chi connectivity index (χ4n) is 4.35. The number of aromatic nitrogens is 4. The van der Waals surface area contributed by atoms with E-state index in [2.05, 4.69) is 20.2 Å². The maximum atomic E-state index is 14.9. The topological polar surface area (TPSA) is 95.0 Å². The standard InChI is InChI=1S/C23H22ClFN5O2P/c24-16-13-26-23(27-14-16)30-7-9-33(32,10-8-30)21-12-15(5-6-19(21)25)11-20-17-3-1-2-4-18(17)22(31)29-28-20/h1-6,12-14,32-33H,7-11H2,(H,29,31). The molecule has 0 saturated carbocycles. The van der Waals surface area contributed by atoms with Gasteiger partial charge < -0.3 is 0 Å². The summed E-state index contributed by atoms with van der Waals surface area (Å²) in [5, 5.41) is 8.96. The normalized spacial score (nSPS) is 16.6. The molecule has 1 aliphatic rings. The molecule has 0 aliphatic carbocycles. The monoisotopic (exact) mass is 485 g/mol. The molecule has 170 valence electrons. The van der Waals surface area contributed by atoms with E-state index in [4.69, 9.17) is 11.6 Å². The second-order valence-electron chi connectivity index (χ2n) is 8.26. The number of halogens is 2. The molecule has 2 aromatic heterocycles. The van der Waals surface area contributed by atoms with Crippen LogP contribution in [-0.2, 0) is 6.42 Å². The number of rotatable bonds is 4. The Balaban J connectivity index is 1.40. The zero-order chi connectivity index (χ0) is 23.0. The average molecular weight is 486 g/mol. The number of hydrogen-bond acceptors (Lipinski definition) is 6. The van der Waals surface area contributed by atoms with Gasteiger partial charge in [0.1, 0.15) is 0 Å². The number of fused-ring (bicyclic) bond motifs is 1. The summed E-state index contributed by atoms with van der Waals surface area (Å²) < 4.78 is 14.9. The molecule has 0 amide bonds. The quantitative estimate of drug-likeness (QED) is 0.432. The summed E-state index contributed by atoms with van der Waals surface area (Å²) in [5.74, 6) is 0.170. The maximum absolute atomic E-state index is 14.9. The summed E-state index contributed by atoms with van der Waals surface area (Å²) in [6.07, 6.45) is 4.44. The van der Waals surface area contributed by atoms with E-state index < -0.39 is 7.49 Å². The molecule has 0 spiro atoms. The van der Waals surface area contributed by atoms with Crippen LogP contribution in [0.15, 0.2) is 59.7 Å². The Morgan fingerprint density at radius 1 is 1.09 bits per heavy atom. The number of benzene rings is 2. The summed E-state index contributed by atoms with van der Waals surface area (Å²) in [6, 6.07) is 12.2. The van der Waals surface area contributed by atoms with Gasteiger partial charge in [0, 0.05) is 0 Å². The predicted molar refractivity (Wildman–Crippen MR) is 131 cm³/mol. The van der Waals surface area contributed by atoms with Gasteiger partial charge in [-0.05, 0) is 0 Å². The van der Waals surface area contributed by atoms with E-state index >= 15 is 0 Å². The number of nitrogens with one attached hydrogen (secondary N) is 1. The number of nitrogens with zero attached hydrogens (tertiary/aromatic N) is 4. The van der Waals surface area contributed by atoms with Gasteiger partial charge in [0.05, 0.1) is 0 Å². The molecule has 1 aliphatic heterocycles. The molecule has 1 fully saturated rings. The first-order chi connectivity index (χ1) is 15.9. The molecule has 7 nitrogen and oxygen atoms in total. The molecule has 2 aromatic carbocycles. The van der Waals surface area contributed by atoms with Crippen LogP contribution >= 0.6 is 19.1 Å². The molecule has 3 heterocycles. The van der Waals surface area contributed by atoms with E-state index in [0.717, 1.165) is 10.9 Å². The van der Waals surface area contributed by atoms with Crippen molar-refractivity contribution in [1.29, 1.82) is 0 Å². The number of hydrogen-bond donors (Lipinski definition) is 2. The Bertz CT molecular complexity index is 1370. The van der Waals surface area contributed by atoms with Crippen LogP contribution in [0.25, 0.3) is 10.8 Å². The van der Waals surface area contributed by atoms with Crippen molar-refractivity contribution in [1.82, 2.24) is 20.2 Å². The van der Waals surface area contributed by atoms with E-state index in [0.29, 0.717) is 59.2 Å². The van der Waals surface area contributed by atoms with Crippen molar-refractivity contribution in [3.63, 3.8) is 0 Å². The molecule has 2 N–H and O–H groups in total. The van der Waals surface area contributed by atoms with Crippen LogP contribution < -0.4 is 15.8 Å². The van der Waals surface area contributed by atoms with Crippen LogP contribution in [0.3, 0.4) is 0 Å². The van der Waals surface area contributed by atoms with E-state index in [9.17, 15) is 14.1 Å². The first-order valence-corrected chi connectivity index (χ1v) is 13.4. The van der Waals surface area contributed by atoms with Crippen LogP contribution in [0.4, 0.5) is 10.3 Å². The SMILES string of the molecule is O=c1[nH]nc(Cc2ccc(F)c([PH]3(O)CCN(c4ncc(Cl)cn4)CC3)c2)c2ccccc12. The number of H-pyrrole nitrogens is 1. The van der Waals surface area contributed by atoms with E-state index in [1.54, 1.807) is 36.7 Å². The first kappa shape index (κ1) is 21.9. The number of anilines is 1. The van der Waals surface area contributed by atoms with Crippen LogP contribution in [0.2, 0.25) is 5.02 Å². The molecule has 0 bridgehead atoms. The van der Waals surface area contributed by atoms with Crippen molar-refractivity contribution in [2.24, 2.45) is 0 Å². The minimum atomic E-state index is -3.03. The molecule has 0 atom stereocenters. The predicted octanol–water partition coefficient (Wildman–Crippen LogP) is 2.90. The third kappa shape index (κ3) is 4.34. The van der Waals surface area contributed by atoms with Gasteiger partial charge >= 0.3 is 195 Å². The Morgan fingerprint density at radius 3 is 2.52 bits per heavy atom. The van der Waals surface area contributed by atoms with Crippen molar-refractivity contribution in [2.45, 2.75) is 6.42 Å². The van der Waals surface area contributed by atoms with Crippen LogP contribution in [0, 0.1) is 5.82 Å². The molecule has 0 unspecified atom stereocenters. The second kappa shape index (κ2) is 8.78. The van der Waals surface area contributed by atoms with Gasteiger partial charge in [0.25, 0.3) is 0 Å². The molecule has 5 rings (SSSR count). The van der Waals surface area contributed by atoms with Crippen LogP contribution in [0.5, 0.6) is 0 Å². The van der Waals surface area contributed by atoms with Crippen molar-refractivity contribution >= 4 is 41.1 Å². The summed E-state index contributed by atoms with van der Waals surface area (Å²) in [7, 11) is -3.03. The Hall–Kier alpha value is -2.93. The fourth-order valence-corrected chi connectivity index (χ4v) is 7.50. The number of aromatic amines is 1. The fraction of sp³-hybridized carbons (Fsp3) is 0.217. The van der Waals surface area contributed by atoms with Gasteiger partial charge in [-0.2, -0.15) is 0 Å². The van der Waals surface area contributed by atoms with Gasteiger partial charge in [-0.1, -0.05) is 0 Å². The van der Waals surface area contributed by atoms with Crippen molar-refractivity contribution in [3.05, 3.63) is 87.3 Å². The first-order valence-electron chi connectivity index (χ1n) is 10.6. The molecule has 0 radical (unpaired) electrons. The van der Waals surface area contributed by atoms with Crippen molar-refractivity contribution in [3.8, 4) is 0 Å². The Morgan fingerprint density at radius 2 is 1.79 bits per heavy atom. The van der Waals surface area contributed by atoms with Crippen molar-refractivity contribution in [2.75, 3.05) is 30.3 Å². The van der Waals surface area contributed by atoms with Gasteiger partial charge in [-0.3, -0.25) is 0 Å². The Kier molecular flexibility index (Phi) is 5.83. The minimum absolute atomic E-state index is 0.243. The summed E-state index contributed by atoms with van der Waals surface area (Å²) in [6.45, 7) is 1.08. The molecule has 1 saturated heterocycles. The zero-order valence-corrected chi connectivity index (χ0v) is 19.4. The third-order valence-electron chi connectivity index (χ3n) is 6.16. The zero-order valence-electron chi connectivity index (χ0n) is 17.6. The van der Waals surface area contributed by atoms with Crippen LogP contribution in [0.1, 0.15) is 11.3 Å². The summed E-state index contributed by atoms with van der Waals surface area (Å²) in [4.78, 5) is 34.0. The van der Waals surface area contributed by atoms with Crippen molar-refractivity contribution < 1.29 is 9.28 Å². The summed E-state index contributed by atoms with van der Waals surface area (Å²) >= 11 is 5.87. The van der Waals surface area contributed by atoms with Gasteiger partial charge in [-0.25, -0.2) is 0 Å². The molecular formula is C23H22ClFN5O2P.